The Morgan fingerprint density at radius 2 is 1.85 bits per heavy atom. The molecule has 168 valence electrons. The predicted octanol–water partition coefficient (Wildman–Crippen LogP) is 3.96. The van der Waals surface area contributed by atoms with Crippen LogP contribution in [0.25, 0.3) is 5.76 Å². The third kappa shape index (κ3) is 4.72. The van der Waals surface area contributed by atoms with Crippen molar-refractivity contribution >= 4 is 17.4 Å². The lowest BCUT2D eigenvalue weighted by molar-refractivity contribution is -0.139. The van der Waals surface area contributed by atoms with E-state index in [0.29, 0.717) is 37.4 Å². The van der Waals surface area contributed by atoms with Crippen LogP contribution in [0.4, 0.5) is 0 Å². The Balaban J connectivity index is 1.69. The lowest BCUT2D eigenvalue weighted by Gasteiger charge is -2.25. The van der Waals surface area contributed by atoms with Gasteiger partial charge in [0.1, 0.15) is 18.1 Å². The molecule has 33 heavy (non-hydrogen) atoms. The number of carbonyl (C=O) groups excluding carboxylic acids is 2. The van der Waals surface area contributed by atoms with Crippen LogP contribution in [0, 0.1) is 0 Å². The van der Waals surface area contributed by atoms with E-state index < -0.39 is 17.7 Å². The largest absolute Gasteiger partial charge is 0.507 e. The fraction of sp³-hybridized carbons (Fsp3) is 0.192. The molecule has 0 radical (unpaired) electrons. The van der Waals surface area contributed by atoms with E-state index in [4.69, 9.17) is 4.74 Å². The van der Waals surface area contributed by atoms with Gasteiger partial charge in [-0.2, -0.15) is 0 Å². The molecule has 2 aromatic carbocycles. The maximum Gasteiger partial charge on any atom is 0.295 e. The van der Waals surface area contributed by atoms with E-state index in [9.17, 15) is 14.7 Å². The van der Waals surface area contributed by atoms with Crippen molar-refractivity contribution in [3.8, 4) is 5.75 Å². The highest BCUT2D eigenvalue weighted by Crippen LogP contribution is 2.39. The van der Waals surface area contributed by atoms with Crippen molar-refractivity contribution in [1.82, 2.24) is 14.5 Å². The second-order valence-corrected chi connectivity index (χ2v) is 7.68. The van der Waals surface area contributed by atoms with Gasteiger partial charge in [0.25, 0.3) is 11.7 Å². The molecular formula is C26H25N3O4. The molecule has 1 aliphatic rings. The van der Waals surface area contributed by atoms with Crippen LogP contribution in [0.1, 0.15) is 23.6 Å². The Labute approximate surface area is 192 Å². The number of nitrogens with zero attached hydrogens (tertiary/aromatic N) is 3. The number of likely N-dealkylation sites (tertiary alicyclic amines) is 1. The molecule has 7 heteroatoms. The van der Waals surface area contributed by atoms with Crippen LogP contribution in [0.5, 0.6) is 5.75 Å². The standard InChI is InChI=1S/C26H25N3O4/c1-2-17-33-21-11-9-19(10-12-21)23-22(24(30)20-7-4-3-5-8-20)25(31)26(32)29(23)15-6-14-28-16-13-27-18-28/h2-5,7-13,16,18,23,30H,1,6,14-15,17H2/b24-22+/t23-/m1/s1. The number of amides is 1. The first-order chi connectivity index (χ1) is 16.1. The first-order valence-electron chi connectivity index (χ1n) is 10.7. The Morgan fingerprint density at radius 1 is 1.09 bits per heavy atom. The molecule has 1 aromatic heterocycles. The molecule has 1 N–H and O–H groups in total. The van der Waals surface area contributed by atoms with E-state index in [1.807, 2.05) is 29.0 Å². The maximum atomic E-state index is 13.1. The molecule has 1 saturated heterocycles. The zero-order valence-corrected chi connectivity index (χ0v) is 18.1. The Bertz CT molecular complexity index is 1150. The summed E-state index contributed by atoms with van der Waals surface area (Å²) in [7, 11) is 0. The van der Waals surface area contributed by atoms with Crippen molar-refractivity contribution in [2.24, 2.45) is 0 Å². The molecule has 0 spiro atoms. The molecule has 0 unspecified atom stereocenters. The number of carbonyl (C=O) groups is 2. The average Bonchev–Trinajstić information content (AvgIpc) is 3.45. The molecule has 4 rings (SSSR count). The Hall–Kier alpha value is -4.13. The van der Waals surface area contributed by atoms with Gasteiger partial charge in [-0.3, -0.25) is 9.59 Å². The number of aryl methyl sites for hydroxylation is 1. The Morgan fingerprint density at radius 3 is 2.52 bits per heavy atom. The van der Waals surface area contributed by atoms with Crippen LogP contribution in [-0.2, 0) is 16.1 Å². The topological polar surface area (TPSA) is 84.7 Å². The van der Waals surface area contributed by atoms with Crippen molar-refractivity contribution < 1.29 is 19.4 Å². The van der Waals surface area contributed by atoms with Crippen LogP contribution in [0.15, 0.2) is 91.5 Å². The highest BCUT2D eigenvalue weighted by atomic mass is 16.5. The monoisotopic (exact) mass is 443 g/mol. The number of aromatic nitrogens is 2. The predicted molar refractivity (Wildman–Crippen MR) is 124 cm³/mol. The highest BCUT2D eigenvalue weighted by Gasteiger charge is 2.45. The fourth-order valence-electron chi connectivity index (χ4n) is 3.95. The summed E-state index contributed by atoms with van der Waals surface area (Å²) in [5, 5.41) is 11.0. The molecular weight excluding hydrogens is 418 g/mol. The number of aliphatic hydroxyl groups is 1. The quantitative estimate of drug-likeness (QED) is 0.234. The van der Waals surface area contributed by atoms with Gasteiger partial charge >= 0.3 is 0 Å². The molecule has 2 heterocycles. The molecule has 1 amide bonds. The van der Waals surface area contributed by atoms with Gasteiger partial charge < -0.3 is 19.3 Å². The van der Waals surface area contributed by atoms with E-state index in [0.717, 1.165) is 5.56 Å². The maximum absolute atomic E-state index is 13.1. The molecule has 0 aliphatic carbocycles. The van der Waals surface area contributed by atoms with Crippen LogP contribution in [-0.4, -0.2) is 44.4 Å². The van der Waals surface area contributed by atoms with E-state index >= 15 is 0 Å². The van der Waals surface area contributed by atoms with Crippen LogP contribution in [0.2, 0.25) is 0 Å². The van der Waals surface area contributed by atoms with Gasteiger partial charge in [-0.15, -0.1) is 0 Å². The summed E-state index contributed by atoms with van der Waals surface area (Å²) in [5.74, 6) is -0.826. The van der Waals surface area contributed by atoms with Crippen molar-refractivity contribution in [1.29, 1.82) is 0 Å². The van der Waals surface area contributed by atoms with Crippen LogP contribution in [0.3, 0.4) is 0 Å². The van der Waals surface area contributed by atoms with E-state index in [-0.39, 0.29) is 11.3 Å². The number of Topliss-reactive ketones (excluding diaryl/α,β-unsaturated/α-hetero) is 1. The van der Waals surface area contributed by atoms with Gasteiger partial charge in [-0.25, -0.2) is 4.98 Å². The summed E-state index contributed by atoms with van der Waals surface area (Å²) < 4.78 is 7.47. The number of rotatable bonds is 9. The van der Waals surface area contributed by atoms with Gasteiger partial charge in [-0.1, -0.05) is 55.1 Å². The summed E-state index contributed by atoms with van der Waals surface area (Å²) in [6, 6.07) is 15.3. The highest BCUT2D eigenvalue weighted by molar-refractivity contribution is 6.46. The molecule has 0 saturated carbocycles. The zero-order chi connectivity index (χ0) is 23.2. The third-order valence-electron chi connectivity index (χ3n) is 5.53. The molecule has 1 fully saturated rings. The number of benzene rings is 2. The van der Waals surface area contributed by atoms with E-state index in [1.165, 1.54) is 4.90 Å². The second kappa shape index (κ2) is 9.99. The van der Waals surface area contributed by atoms with E-state index in [2.05, 4.69) is 11.6 Å². The van der Waals surface area contributed by atoms with Gasteiger partial charge in [0, 0.05) is 31.0 Å². The number of hydrogen-bond acceptors (Lipinski definition) is 5. The van der Waals surface area contributed by atoms with Crippen molar-refractivity contribution in [2.75, 3.05) is 13.2 Å². The number of ether oxygens (including phenoxy) is 1. The number of ketones is 1. The normalized spacial score (nSPS) is 17.3. The van der Waals surface area contributed by atoms with Gasteiger partial charge in [0.05, 0.1) is 17.9 Å². The van der Waals surface area contributed by atoms with Crippen molar-refractivity contribution in [3.05, 3.63) is 103 Å². The second-order valence-electron chi connectivity index (χ2n) is 7.68. The lowest BCUT2D eigenvalue weighted by Crippen LogP contribution is -2.31. The summed E-state index contributed by atoms with van der Waals surface area (Å²) in [6.07, 6.45) is 7.54. The minimum atomic E-state index is -0.693. The van der Waals surface area contributed by atoms with Crippen LogP contribution < -0.4 is 4.74 Å². The number of imidazole rings is 1. The number of hydrogen-bond donors (Lipinski definition) is 1. The molecule has 1 atom stereocenters. The minimum absolute atomic E-state index is 0.0913. The fourth-order valence-corrected chi connectivity index (χ4v) is 3.95. The van der Waals surface area contributed by atoms with Gasteiger partial charge in [0.15, 0.2) is 0 Å². The molecule has 7 nitrogen and oxygen atoms in total. The molecule has 0 bridgehead atoms. The first kappa shape index (κ1) is 22.1. The van der Waals surface area contributed by atoms with Gasteiger partial charge in [0.2, 0.25) is 0 Å². The van der Waals surface area contributed by atoms with Crippen molar-refractivity contribution in [3.63, 3.8) is 0 Å². The average molecular weight is 444 g/mol. The zero-order valence-electron chi connectivity index (χ0n) is 18.1. The third-order valence-corrected chi connectivity index (χ3v) is 5.53. The first-order valence-corrected chi connectivity index (χ1v) is 10.7. The SMILES string of the molecule is C=CCOc1ccc([C@@H]2/C(=C(\O)c3ccccc3)C(=O)C(=O)N2CCCn2ccnc2)cc1. The van der Waals surface area contributed by atoms with Gasteiger partial charge in [-0.05, 0) is 24.1 Å². The Kier molecular flexibility index (Phi) is 6.69. The summed E-state index contributed by atoms with van der Waals surface area (Å²) in [5.41, 5.74) is 1.30. The smallest absolute Gasteiger partial charge is 0.295 e. The molecule has 3 aromatic rings. The minimum Gasteiger partial charge on any atom is -0.507 e. The summed E-state index contributed by atoms with van der Waals surface area (Å²) in [6.45, 7) is 5.03. The molecule has 1 aliphatic heterocycles. The van der Waals surface area contributed by atoms with Crippen molar-refractivity contribution in [2.45, 2.75) is 19.0 Å². The van der Waals surface area contributed by atoms with E-state index in [1.54, 1.807) is 55.0 Å². The summed E-state index contributed by atoms with van der Waals surface area (Å²) in [4.78, 5) is 31.6. The number of aliphatic hydroxyl groups excluding tert-OH is 1. The lowest BCUT2D eigenvalue weighted by atomic mass is 9.95. The van der Waals surface area contributed by atoms with Crippen LogP contribution >= 0.6 is 0 Å². The summed E-state index contributed by atoms with van der Waals surface area (Å²) >= 11 is 0.